The summed E-state index contributed by atoms with van der Waals surface area (Å²) in [6.45, 7) is 8.36. The van der Waals surface area contributed by atoms with Gasteiger partial charge >= 0.3 is 0 Å². The number of amidine groups is 1. The highest BCUT2D eigenvalue weighted by Crippen LogP contribution is 2.31. The molecule has 1 N–H and O–H groups in total. The summed E-state index contributed by atoms with van der Waals surface area (Å²) in [5.74, 6) is -0.107. The number of nitrogens with zero attached hydrogens (tertiary/aromatic N) is 2. The van der Waals surface area contributed by atoms with Crippen LogP contribution in [0.1, 0.15) is 35.0 Å². The van der Waals surface area contributed by atoms with Gasteiger partial charge in [-0.15, -0.1) is 0 Å². The number of para-hydroxylation sites is 1. The molecule has 0 aliphatic carbocycles. The molecule has 1 saturated heterocycles. The molecule has 152 valence electrons. The Kier molecular flexibility index (Phi) is 5.64. The van der Waals surface area contributed by atoms with Crippen molar-refractivity contribution in [3.05, 3.63) is 87.6 Å². The van der Waals surface area contributed by atoms with Gasteiger partial charge in [0.25, 0.3) is 5.91 Å². The third kappa shape index (κ3) is 3.98. The smallest absolute Gasteiger partial charge is 0.264 e. The molecule has 1 amide bonds. The molecule has 0 radical (unpaired) electrons. The highest BCUT2D eigenvalue weighted by molar-refractivity contribution is 8.18. The van der Waals surface area contributed by atoms with Gasteiger partial charge in [-0.1, -0.05) is 37.3 Å². The first kappa shape index (κ1) is 20.2. The van der Waals surface area contributed by atoms with Gasteiger partial charge in [0.1, 0.15) is 0 Å². The topological polar surface area (TPSA) is 46.4 Å². The quantitative estimate of drug-likeness (QED) is 0.543. The van der Waals surface area contributed by atoms with Gasteiger partial charge in [-0.05, 0) is 86.0 Å². The van der Waals surface area contributed by atoms with Crippen molar-refractivity contribution >= 4 is 34.6 Å². The summed E-state index contributed by atoms with van der Waals surface area (Å²) < 4.78 is 2.23. The van der Waals surface area contributed by atoms with E-state index in [1.54, 1.807) is 0 Å². The number of aryl methyl sites for hydroxylation is 3. The van der Waals surface area contributed by atoms with Crippen LogP contribution in [0.3, 0.4) is 0 Å². The number of thioether (sulfide) groups is 1. The molecule has 5 heteroatoms. The molecule has 3 aromatic rings. The maximum atomic E-state index is 12.5. The summed E-state index contributed by atoms with van der Waals surface area (Å²) in [4.78, 5) is 17.8. The molecule has 0 atom stereocenters. The van der Waals surface area contributed by atoms with E-state index >= 15 is 0 Å². The molecule has 0 spiro atoms. The first-order chi connectivity index (χ1) is 14.5. The average molecular weight is 416 g/mol. The van der Waals surface area contributed by atoms with E-state index in [2.05, 4.69) is 66.0 Å². The Hall–Kier alpha value is -3.05. The van der Waals surface area contributed by atoms with Crippen LogP contribution in [0.5, 0.6) is 0 Å². The Bertz CT molecular complexity index is 1170. The van der Waals surface area contributed by atoms with Crippen LogP contribution in [0.25, 0.3) is 11.8 Å². The van der Waals surface area contributed by atoms with Gasteiger partial charge in [0, 0.05) is 17.1 Å². The first-order valence-electron chi connectivity index (χ1n) is 10.1. The van der Waals surface area contributed by atoms with E-state index < -0.39 is 0 Å². The van der Waals surface area contributed by atoms with Crippen molar-refractivity contribution in [2.75, 3.05) is 0 Å². The van der Waals surface area contributed by atoms with Crippen LogP contribution >= 0.6 is 11.8 Å². The Morgan fingerprint density at radius 2 is 1.80 bits per heavy atom. The number of hydrogen-bond donors (Lipinski definition) is 1. The predicted molar refractivity (Wildman–Crippen MR) is 127 cm³/mol. The van der Waals surface area contributed by atoms with Crippen LogP contribution in [0.15, 0.2) is 64.5 Å². The number of carbonyl (C=O) groups excluding carboxylic acids is 1. The van der Waals surface area contributed by atoms with Gasteiger partial charge < -0.3 is 9.88 Å². The molecule has 1 fully saturated rings. The Morgan fingerprint density at radius 3 is 2.50 bits per heavy atom. The van der Waals surface area contributed by atoms with Crippen molar-refractivity contribution in [2.24, 2.45) is 4.99 Å². The standard InChI is InChI=1S/C25H25N3OS/c1-5-19-10-12-21(13-11-19)28-17(3)14-20(18(28)4)15-23-24(29)27-25(30-23)26-22-9-7-6-8-16(22)2/h6-15H,5H2,1-4H3,(H,26,27,29)/b23-15-. The minimum atomic E-state index is -0.107. The molecule has 4 rings (SSSR count). The molecular weight excluding hydrogens is 390 g/mol. The first-order valence-corrected chi connectivity index (χ1v) is 10.9. The molecule has 0 bridgehead atoms. The Balaban J connectivity index is 1.63. The molecule has 0 unspecified atom stereocenters. The molecule has 2 aromatic carbocycles. The lowest BCUT2D eigenvalue weighted by Gasteiger charge is -2.10. The maximum Gasteiger partial charge on any atom is 0.264 e. The van der Waals surface area contributed by atoms with E-state index in [0.717, 1.165) is 40.3 Å². The largest absolute Gasteiger partial charge is 0.318 e. The fraction of sp³-hybridized carbons (Fsp3) is 0.200. The minimum absolute atomic E-state index is 0.107. The van der Waals surface area contributed by atoms with E-state index in [1.807, 2.05) is 37.3 Å². The zero-order valence-corrected chi connectivity index (χ0v) is 18.5. The number of rotatable bonds is 4. The number of benzene rings is 2. The normalized spacial score (nSPS) is 16.5. The number of amides is 1. The van der Waals surface area contributed by atoms with Crippen molar-refractivity contribution in [1.29, 1.82) is 0 Å². The lowest BCUT2D eigenvalue weighted by atomic mass is 10.1. The Labute approximate surface area is 181 Å². The van der Waals surface area contributed by atoms with Gasteiger partial charge in [0.15, 0.2) is 5.17 Å². The lowest BCUT2D eigenvalue weighted by molar-refractivity contribution is -0.115. The van der Waals surface area contributed by atoms with Gasteiger partial charge in [-0.2, -0.15) is 0 Å². The molecule has 2 heterocycles. The molecule has 1 aliphatic heterocycles. The number of aliphatic imine (C=N–C) groups is 1. The third-order valence-corrected chi connectivity index (χ3v) is 6.26. The van der Waals surface area contributed by atoms with Gasteiger partial charge in [0.05, 0.1) is 10.6 Å². The van der Waals surface area contributed by atoms with Gasteiger partial charge in [0.2, 0.25) is 0 Å². The summed E-state index contributed by atoms with van der Waals surface area (Å²) in [6, 6.07) is 18.7. The van der Waals surface area contributed by atoms with Crippen molar-refractivity contribution < 1.29 is 4.79 Å². The summed E-state index contributed by atoms with van der Waals surface area (Å²) in [5.41, 5.74) is 7.70. The van der Waals surface area contributed by atoms with Crippen LogP contribution in [0.4, 0.5) is 5.69 Å². The third-order valence-electron chi connectivity index (χ3n) is 5.35. The minimum Gasteiger partial charge on any atom is -0.318 e. The van der Waals surface area contributed by atoms with E-state index in [0.29, 0.717) is 10.1 Å². The molecular formula is C25H25N3OS. The monoisotopic (exact) mass is 415 g/mol. The van der Waals surface area contributed by atoms with Crippen molar-refractivity contribution in [3.63, 3.8) is 0 Å². The van der Waals surface area contributed by atoms with Gasteiger partial charge in [-0.25, -0.2) is 4.99 Å². The van der Waals surface area contributed by atoms with E-state index in [-0.39, 0.29) is 5.91 Å². The number of aromatic nitrogens is 1. The summed E-state index contributed by atoms with van der Waals surface area (Å²) in [5, 5.41) is 3.50. The molecule has 1 aliphatic rings. The number of hydrogen-bond acceptors (Lipinski definition) is 3. The zero-order valence-electron chi connectivity index (χ0n) is 17.7. The second-order valence-electron chi connectivity index (χ2n) is 7.45. The highest BCUT2D eigenvalue weighted by atomic mass is 32.2. The van der Waals surface area contributed by atoms with E-state index in [4.69, 9.17) is 0 Å². The van der Waals surface area contributed by atoms with Crippen LogP contribution in [-0.4, -0.2) is 15.6 Å². The number of nitrogens with one attached hydrogen (secondary N) is 1. The van der Waals surface area contributed by atoms with E-state index in [1.165, 1.54) is 17.3 Å². The zero-order chi connectivity index (χ0) is 21.3. The highest BCUT2D eigenvalue weighted by Gasteiger charge is 2.24. The predicted octanol–water partition coefficient (Wildman–Crippen LogP) is 5.86. The average Bonchev–Trinajstić information content (AvgIpc) is 3.22. The second kappa shape index (κ2) is 8.36. The Morgan fingerprint density at radius 1 is 1.07 bits per heavy atom. The molecule has 0 saturated carbocycles. The SMILES string of the molecule is CCc1ccc(-n2c(C)cc(/C=C3\SC(=Nc4ccccc4C)NC3=O)c2C)cc1. The fourth-order valence-corrected chi connectivity index (χ4v) is 4.46. The maximum absolute atomic E-state index is 12.5. The van der Waals surface area contributed by atoms with Crippen LogP contribution in [-0.2, 0) is 11.2 Å². The molecule has 1 aromatic heterocycles. The van der Waals surface area contributed by atoms with Crippen molar-refractivity contribution in [3.8, 4) is 5.69 Å². The fourth-order valence-electron chi connectivity index (χ4n) is 3.63. The molecule has 4 nitrogen and oxygen atoms in total. The van der Waals surface area contributed by atoms with E-state index in [9.17, 15) is 4.79 Å². The van der Waals surface area contributed by atoms with Gasteiger partial charge in [-0.3, -0.25) is 4.79 Å². The number of carbonyl (C=O) groups is 1. The second-order valence-corrected chi connectivity index (χ2v) is 8.48. The lowest BCUT2D eigenvalue weighted by Crippen LogP contribution is -2.19. The summed E-state index contributed by atoms with van der Waals surface area (Å²) in [6.07, 6.45) is 2.99. The van der Waals surface area contributed by atoms with Crippen molar-refractivity contribution in [2.45, 2.75) is 34.1 Å². The van der Waals surface area contributed by atoms with Crippen LogP contribution in [0, 0.1) is 20.8 Å². The summed E-state index contributed by atoms with van der Waals surface area (Å²) in [7, 11) is 0. The van der Waals surface area contributed by atoms with Crippen LogP contribution in [0.2, 0.25) is 0 Å². The van der Waals surface area contributed by atoms with Crippen LogP contribution < -0.4 is 5.32 Å². The molecule has 30 heavy (non-hydrogen) atoms. The van der Waals surface area contributed by atoms with Crippen molar-refractivity contribution in [1.82, 2.24) is 9.88 Å². The summed E-state index contributed by atoms with van der Waals surface area (Å²) >= 11 is 1.38.